The van der Waals surface area contributed by atoms with Crippen molar-refractivity contribution in [3.8, 4) is 0 Å². The Morgan fingerprint density at radius 1 is 1.69 bits per heavy atom. The second kappa shape index (κ2) is 6.50. The molecule has 0 aromatic carbocycles. The molecule has 1 aromatic rings. The van der Waals surface area contributed by atoms with E-state index in [4.69, 9.17) is 4.42 Å². The van der Waals surface area contributed by atoms with E-state index < -0.39 is 0 Å². The average molecular weight is 287 g/mol. The number of hydrogen-bond donors (Lipinski definition) is 2. The summed E-state index contributed by atoms with van der Waals surface area (Å²) in [6.07, 6.45) is 1.58. The van der Waals surface area contributed by atoms with Crippen molar-refractivity contribution >= 4 is 21.8 Å². The van der Waals surface area contributed by atoms with Crippen molar-refractivity contribution in [1.29, 1.82) is 0 Å². The summed E-state index contributed by atoms with van der Waals surface area (Å²) in [6, 6.07) is 3.35. The third kappa shape index (κ3) is 4.63. The second-order valence-electron chi connectivity index (χ2n) is 3.42. The summed E-state index contributed by atoms with van der Waals surface area (Å²) in [4.78, 5) is 11.6. The maximum atomic E-state index is 11.6. The van der Waals surface area contributed by atoms with Gasteiger partial charge in [0.2, 0.25) is 5.91 Å². The fraction of sp³-hybridized carbons (Fsp3) is 0.364. The molecule has 5 heteroatoms. The summed E-state index contributed by atoms with van der Waals surface area (Å²) < 4.78 is 5.92. The van der Waals surface area contributed by atoms with Crippen LogP contribution < -0.4 is 10.6 Å². The molecule has 0 aliphatic rings. The minimum absolute atomic E-state index is 0.0647. The van der Waals surface area contributed by atoms with Gasteiger partial charge in [-0.05, 0) is 19.1 Å². The normalized spacial score (nSPS) is 12.1. The lowest BCUT2D eigenvalue weighted by atomic mass is 10.3. The largest absolute Gasteiger partial charge is 0.467 e. The van der Waals surface area contributed by atoms with Crippen LogP contribution in [0.5, 0.6) is 0 Å². The van der Waals surface area contributed by atoms with Gasteiger partial charge in [-0.25, -0.2) is 0 Å². The number of carbonyl (C=O) groups excluding carboxylic acids is 1. The number of halogens is 1. The van der Waals surface area contributed by atoms with Crippen LogP contribution in [-0.4, -0.2) is 18.5 Å². The van der Waals surface area contributed by atoms with Crippen LogP contribution in [0, 0.1) is 0 Å². The number of hydrogen-bond acceptors (Lipinski definition) is 3. The van der Waals surface area contributed by atoms with Gasteiger partial charge in [-0.3, -0.25) is 4.79 Å². The van der Waals surface area contributed by atoms with Gasteiger partial charge in [0.1, 0.15) is 5.76 Å². The number of amides is 1. The Labute approximate surface area is 103 Å². The zero-order valence-corrected chi connectivity index (χ0v) is 10.7. The Hall–Kier alpha value is -1.07. The molecule has 1 aromatic heterocycles. The Morgan fingerprint density at radius 3 is 3.00 bits per heavy atom. The molecule has 1 rings (SSSR count). The molecule has 2 N–H and O–H groups in total. The minimum Gasteiger partial charge on any atom is -0.467 e. The third-order valence-electron chi connectivity index (χ3n) is 2.01. The maximum absolute atomic E-state index is 11.6. The van der Waals surface area contributed by atoms with E-state index in [1.54, 1.807) is 19.3 Å². The monoisotopic (exact) mass is 286 g/mol. The van der Waals surface area contributed by atoms with Crippen LogP contribution in [-0.2, 0) is 11.3 Å². The van der Waals surface area contributed by atoms with E-state index in [9.17, 15) is 4.79 Å². The van der Waals surface area contributed by atoms with E-state index in [1.165, 1.54) is 0 Å². The van der Waals surface area contributed by atoms with Gasteiger partial charge in [-0.2, -0.15) is 0 Å². The molecule has 0 aliphatic heterocycles. The lowest BCUT2D eigenvalue weighted by Crippen LogP contribution is -2.42. The van der Waals surface area contributed by atoms with E-state index in [-0.39, 0.29) is 11.9 Å². The molecule has 1 heterocycles. The van der Waals surface area contributed by atoms with E-state index in [0.29, 0.717) is 13.1 Å². The molecular formula is C11H15BrN2O2. The topological polar surface area (TPSA) is 54.3 Å². The number of furan rings is 1. The fourth-order valence-electron chi connectivity index (χ4n) is 1.10. The van der Waals surface area contributed by atoms with Gasteiger partial charge in [0.15, 0.2) is 0 Å². The smallest absolute Gasteiger partial charge is 0.237 e. The van der Waals surface area contributed by atoms with Gasteiger partial charge in [-0.15, -0.1) is 0 Å². The van der Waals surface area contributed by atoms with Crippen molar-refractivity contribution in [2.45, 2.75) is 19.5 Å². The molecular weight excluding hydrogens is 272 g/mol. The SMILES string of the molecule is C=C(Br)CNC(C)C(=O)NCc1ccco1. The summed E-state index contributed by atoms with van der Waals surface area (Å²) >= 11 is 3.22. The van der Waals surface area contributed by atoms with E-state index in [0.717, 1.165) is 10.2 Å². The average Bonchev–Trinajstić information content (AvgIpc) is 2.75. The molecule has 16 heavy (non-hydrogen) atoms. The molecule has 1 unspecified atom stereocenters. The molecule has 0 spiro atoms. The maximum Gasteiger partial charge on any atom is 0.237 e. The zero-order valence-electron chi connectivity index (χ0n) is 9.13. The van der Waals surface area contributed by atoms with Gasteiger partial charge >= 0.3 is 0 Å². The lowest BCUT2D eigenvalue weighted by molar-refractivity contribution is -0.122. The summed E-state index contributed by atoms with van der Waals surface area (Å²) in [7, 11) is 0. The Bertz CT molecular complexity index is 349. The van der Waals surface area contributed by atoms with Crippen LogP contribution in [0.15, 0.2) is 33.9 Å². The first-order valence-electron chi connectivity index (χ1n) is 4.96. The quantitative estimate of drug-likeness (QED) is 0.838. The van der Waals surface area contributed by atoms with Crippen molar-refractivity contribution in [2.24, 2.45) is 0 Å². The van der Waals surface area contributed by atoms with E-state index >= 15 is 0 Å². The molecule has 0 saturated carbocycles. The molecule has 0 aliphatic carbocycles. The molecule has 4 nitrogen and oxygen atoms in total. The third-order valence-corrected chi connectivity index (χ3v) is 2.29. The summed E-state index contributed by atoms with van der Waals surface area (Å²) in [5, 5.41) is 5.79. The fourth-order valence-corrected chi connectivity index (χ4v) is 1.26. The highest BCUT2D eigenvalue weighted by Gasteiger charge is 2.11. The predicted octanol–water partition coefficient (Wildman–Crippen LogP) is 1.78. The standard InChI is InChI=1S/C11H15BrN2O2/c1-8(12)6-13-9(2)11(15)14-7-10-4-3-5-16-10/h3-5,9,13H,1,6-7H2,2H3,(H,14,15). The second-order valence-corrected chi connectivity index (χ2v) is 4.54. The number of nitrogens with one attached hydrogen (secondary N) is 2. The van der Waals surface area contributed by atoms with Crippen LogP contribution in [0.4, 0.5) is 0 Å². The molecule has 0 fully saturated rings. The first-order valence-corrected chi connectivity index (χ1v) is 5.75. The van der Waals surface area contributed by atoms with Crippen LogP contribution >= 0.6 is 15.9 Å². The first kappa shape index (κ1) is 13.0. The van der Waals surface area contributed by atoms with Crippen molar-refractivity contribution in [2.75, 3.05) is 6.54 Å². The molecule has 1 amide bonds. The summed E-state index contributed by atoms with van der Waals surface area (Å²) in [5.41, 5.74) is 0. The van der Waals surface area contributed by atoms with Gasteiger partial charge < -0.3 is 15.1 Å². The van der Waals surface area contributed by atoms with Gasteiger partial charge in [-0.1, -0.05) is 22.5 Å². The highest BCUT2D eigenvalue weighted by atomic mass is 79.9. The molecule has 0 saturated heterocycles. The van der Waals surface area contributed by atoms with Gasteiger partial charge in [0.05, 0.1) is 18.8 Å². The number of carbonyl (C=O) groups is 1. The van der Waals surface area contributed by atoms with Crippen molar-refractivity contribution in [3.05, 3.63) is 35.2 Å². The minimum atomic E-state index is -0.260. The van der Waals surface area contributed by atoms with E-state index in [2.05, 4.69) is 33.1 Å². The Kier molecular flexibility index (Phi) is 5.28. The van der Waals surface area contributed by atoms with Crippen molar-refractivity contribution < 1.29 is 9.21 Å². The van der Waals surface area contributed by atoms with Crippen LogP contribution in [0.2, 0.25) is 0 Å². The first-order chi connectivity index (χ1) is 7.59. The van der Waals surface area contributed by atoms with Crippen molar-refractivity contribution in [1.82, 2.24) is 10.6 Å². The van der Waals surface area contributed by atoms with E-state index in [1.807, 2.05) is 6.07 Å². The highest BCUT2D eigenvalue weighted by molar-refractivity contribution is 9.11. The van der Waals surface area contributed by atoms with Crippen LogP contribution in [0.1, 0.15) is 12.7 Å². The van der Waals surface area contributed by atoms with Crippen LogP contribution in [0.25, 0.3) is 0 Å². The molecule has 0 bridgehead atoms. The summed E-state index contributed by atoms with van der Waals surface area (Å²) in [6.45, 7) is 6.45. The van der Waals surface area contributed by atoms with Gasteiger partial charge in [0, 0.05) is 11.0 Å². The Morgan fingerprint density at radius 2 is 2.44 bits per heavy atom. The number of rotatable bonds is 6. The molecule has 0 radical (unpaired) electrons. The zero-order chi connectivity index (χ0) is 12.0. The summed E-state index contributed by atoms with van der Waals surface area (Å²) in [5.74, 6) is 0.676. The van der Waals surface area contributed by atoms with Gasteiger partial charge in [0.25, 0.3) is 0 Å². The van der Waals surface area contributed by atoms with Crippen molar-refractivity contribution in [3.63, 3.8) is 0 Å². The predicted molar refractivity (Wildman–Crippen MR) is 66.1 cm³/mol. The van der Waals surface area contributed by atoms with Crippen LogP contribution in [0.3, 0.4) is 0 Å². The lowest BCUT2D eigenvalue weighted by Gasteiger charge is -2.12. The molecule has 1 atom stereocenters. The highest BCUT2D eigenvalue weighted by Crippen LogP contribution is 2.00. The Balaban J connectivity index is 2.26. The molecule has 88 valence electrons.